The maximum atomic E-state index is 12.2. The average molecular weight is 297 g/mol. The Bertz CT molecular complexity index is 431. The van der Waals surface area contributed by atoms with Crippen molar-refractivity contribution >= 4 is 23.2 Å². The maximum absolute atomic E-state index is 12.2. The summed E-state index contributed by atoms with van der Waals surface area (Å²) in [5.41, 5.74) is 2.83. The molecule has 112 valence electrons. The summed E-state index contributed by atoms with van der Waals surface area (Å²) in [5, 5.41) is 3.55. The fraction of sp³-hybridized carbons (Fsp3) is 0.562. The van der Waals surface area contributed by atoms with Gasteiger partial charge in [-0.3, -0.25) is 9.69 Å². The van der Waals surface area contributed by atoms with Crippen LogP contribution in [-0.4, -0.2) is 30.4 Å². The lowest BCUT2D eigenvalue weighted by Gasteiger charge is -2.21. The number of hydrogen-bond acceptors (Lipinski definition) is 2. The van der Waals surface area contributed by atoms with Crippen molar-refractivity contribution in [2.75, 3.05) is 25.0 Å². The number of anilines is 1. The highest BCUT2D eigenvalue weighted by Gasteiger charge is 2.12. The van der Waals surface area contributed by atoms with Gasteiger partial charge in [-0.1, -0.05) is 31.5 Å². The van der Waals surface area contributed by atoms with Crippen molar-refractivity contribution < 1.29 is 4.79 Å². The van der Waals surface area contributed by atoms with E-state index in [0.717, 1.165) is 42.7 Å². The topological polar surface area (TPSA) is 32.3 Å². The van der Waals surface area contributed by atoms with E-state index < -0.39 is 0 Å². The van der Waals surface area contributed by atoms with Gasteiger partial charge in [0.05, 0.1) is 17.3 Å². The van der Waals surface area contributed by atoms with Gasteiger partial charge in [0.2, 0.25) is 5.91 Å². The summed E-state index contributed by atoms with van der Waals surface area (Å²) >= 11 is 6.21. The molecule has 0 saturated carbocycles. The molecule has 0 heterocycles. The molecule has 1 amide bonds. The fourth-order valence-electron chi connectivity index (χ4n) is 2.36. The second kappa shape index (κ2) is 8.28. The first kappa shape index (κ1) is 17.0. The van der Waals surface area contributed by atoms with Gasteiger partial charge in [-0.15, -0.1) is 0 Å². The molecule has 0 radical (unpaired) electrons. The smallest absolute Gasteiger partial charge is 0.238 e. The quantitative estimate of drug-likeness (QED) is 0.824. The van der Waals surface area contributed by atoms with E-state index in [1.54, 1.807) is 0 Å². The molecule has 1 aromatic carbocycles. The highest BCUT2D eigenvalue weighted by atomic mass is 35.5. The zero-order valence-electron chi connectivity index (χ0n) is 12.9. The lowest BCUT2D eigenvalue weighted by atomic mass is 10.1. The number of carbonyl (C=O) groups excluding carboxylic acids is 1. The summed E-state index contributed by atoms with van der Waals surface area (Å²) in [5.74, 6) is 0.000697. The molecule has 0 aliphatic heterocycles. The second-order valence-electron chi connectivity index (χ2n) is 5.26. The Kier molecular flexibility index (Phi) is 7.03. The molecule has 0 atom stereocenters. The molecule has 0 aliphatic carbocycles. The monoisotopic (exact) mass is 296 g/mol. The van der Waals surface area contributed by atoms with E-state index in [9.17, 15) is 4.79 Å². The SMILES string of the molecule is CCCN(CCC)CC(=O)Nc1c(C)cc(C)cc1Cl. The van der Waals surface area contributed by atoms with Gasteiger partial charge >= 0.3 is 0 Å². The van der Waals surface area contributed by atoms with Gasteiger partial charge in [0.15, 0.2) is 0 Å². The highest BCUT2D eigenvalue weighted by molar-refractivity contribution is 6.34. The third kappa shape index (κ3) is 5.14. The molecule has 1 rings (SSSR count). The predicted molar refractivity (Wildman–Crippen MR) is 86.6 cm³/mol. The Balaban J connectivity index is 2.70. The number of nitrogens with one attached hydrogen (secondary N) is 1. The summed E-state index contributed by atoms with van der Waals surface area (Å²) in [7, 11) is 0. The first-order valence-corrected chi connectivity index (χ1v) is 7.64. The van der Waals surface area contributed by atoms with Gasteiger partial charge in [0.1, 0.15) is 0 Å². The van der Waals surface area contributed by atoms with Crippen molar-refractivity contribution in [3.63, 3.8) is 0 Å². The van der Waals surface area contributed by atoms with Crippen LogP contribution in [0.15, 0.2) is 12.1 Å². The molecule has 0 aromatic heterocycles. The standard InChI is InChI=1S/C16H25ClN2O/c1-5-7-19(8-6-2)11-15(20)18-16-13(4)9-12(3)10-14(16)17/h9-10H,5-8,11H2,1-4H3,(H,18,20). The Morgan fingerprint density at radius 3 is 2.30 bits per heavy atom. The molecule has 0 spiro atoms. The highest BCUT2D eigenvalue weighted by Crippen LogP contribution is 2.27. The van der Waals surface area contributed by atoms with Crippen LogP contribution in [0.3, 0.4) is 0 Å². The van der Waals surface area contributed by atoms with E-state index in [4.69, 9.17) is 11.6 Å². The second-order valence-corrected chi connectivity index (χ2v) is 5.67. The van der Waals surface area contributed by atoms with Crippen LogP contribution in [0.1, 0.15) is 37.8 Å². The first-order chi connectivity index (χ1) is 9.47. The van der Waals surface area contributed by atoms with E-state index in [1.807, 2.05) is 26.0 Å². The Labute approximate surface area is 127 Å². The van der Waals surface area contributed by atoms with Crippen molar-refractivity contribution in [3.8, 4) is 0 Å². The third-order valence-electron chi connectivity index (χ3n) is 3.14. The number of halogens is 1. The summed E-state index contributed by atoms with van der Waals surface area (Å²) in [6, 6.07) is 3.90. The van der Waals surface area contributed by atoms with E-state index in [-0.39, 0.29) is 5.91 Å². The molecule has 1 aromatic rings. The van der Waals surface area contributed by atoms with Crippen LogP contribution >= 0.6 is 11.6 Å². The summed E-state index contributed by atoms with van der Waals surface area (Å²) < 4.78 is 0. The van der Waals surface area contributed by atoms with Crippen molar-refractivity contribution in [2.45, 2.75) is 40.5 Å². The van der Waals surface area contributed by atoms with E-state index >= 15 is 0 Å². The minimum absolute atomic E-state index is 0.000697. The van der Waals surface area contributed by atoms with Crippen LogP contribution in [0, 0.1) is 13.8 Å². The van der Waals surface area contributed by atoms with Crippen LogP contribution < -0.4 is 5.32 Å². The fourth-order valence-corrected chi connectivity index (χ4v) is 2.73. The lowest BCUT2D eigenvalue weighted by Crippen LogP contribution is -2.34. The van der Waals surface area contributed by atoms with Crippen molar-refractivity contribution in [2.24, 2.45) is 0 Å². The summed E-state index contributed by atoms with van der Waals surface area (Å²) in [6.45, 7) is 10.5. The number of hydrogen-bond donors (Lipinski definition) is 1. The van der Waals surface area contributed by atoms with Crippen LogP contribution in [0.5, 0.6) is 0 Å². The molecule has 0 bridgehead atoms. The van der Waals surface area contributed by atoms with E-state index in [0.29, 0.717) is 11.6 Å². The van der Waals surface area contributed by atoms with Crippen LogP contribution in [0.25, 0.3) is 0 Å². The molecular formula is C16H25ClN2O. The molecule has 0 aliphatic rings. The number of carbonyl (C=O) groups is 1. The molecular weight excluding hydrogens is 272 g/mol. The number of amides is 1. The van der Waals surface area contributed by atoms with Gasteiger partial charge in [0.25, 0.3) is 0 Å². The molecule has 0 fully saturated rings. The van der Waals surface area contributed by atoms with Gasteiger partial charge in [-0.25, -0.2) is 0 Å². The molecule has 4 heteroatoms. The minimum atomic E-state index is 0.000697. The minimum Gasteiger partial charge on any atom is -0.323 e. The Morgan fingerprint density at radius 1 is 1.20 bits per heavy atom. The normalized spacial score (nSPS) is 10.9. The largest absolute Gasteiger partial charge is 0.323 e. The number of nitrogens with zero attached hydrogens (tertiary/aromatic N) is 1. The van der Waals surface area contributed by atoms with Gasteiger partial charge in [0, 0.05) is 0 Å². The molecule has 1 N–H and O–H groups in total. The Hall–Kier alpha value is -1.06. The van der Waals surface area contributed by atoms with Crippen molar-refractivity contribution in [1.29, 1.82) is 0 Å². The van der Waals surface area contributed by atoms with Crippen molar-refractivity contribution in [1.82, 2.24) is 4.90 Å². The third-order valence-corrected chi connectivity index (χ3v) is 3.44. The van der Waals surface area contributed by atoms with Crippen LogP contribution in [0.2, 0.25) is 5.02 Å². The predicted octanol–water partition coefficient (Wildman–Crippen LogP) is 4.02. The Morgan fingerprint density at radius 2 is 1.80 bits per heavy atom. The van der Waals surface area contributed by atoms with E-state index in [2.05, 4.69) is 24.1 Å². The summed E-state index contributed by atoms with van der Waals surface area (Å²) in [6.07, 6.45) is 2.11. The average Bonchev–Trinajstić information content (AvgIpc) is 2.34. The van der Waals surface area contributed by atoms with Gasteiger partial charge in [-0.2, -0.15) is 0 Å². The molecule has 3 nitrogen and oxygen atoms in total. The van der Waals surface area contributed by atoms with Crippen LogP contribution in [0.4, 0.5) is 5.69 Å². The lowest BCUT2D eigenvalue weighted by molar-refractivity contribution is -0.117. The number of aryl methyl sites for hydroxylation is 2. The molecule has 0 saturated heterocycles. The van der Waals surface area contributed by atoms with Crippen molar-refractivity contribution in [3.05, 3.63) is 28.3 Å². The zero-order chi connectivity index (χ0) is 15.1. The number of rotatable bonds is 7. The summed E-state index contributed by atoms with van der Waals surface area (Å²) in [4.78, 5) is 14.3. The van der Waals surface area contributed by atoms with E-state index in [1.165, 1.54) is 0 Å². The van der Waals surface area contributed by atoms with Gasteiger partial charge in [-0.05, 0) is 57.0 Å². The molecule has 0 unspecified atom stereocenters. The van der Waals surface area contributed by atoms with Gasteiger partial charge < -0.3 is 5.32 Å². The molecule has 20 heavy (non-hydrogen) atoms. The van der Waals surface area contributed by atoms with Crippen LogP contribution in [-0.2, 0) is 4.79 Å². The first-order valence-electron chi connectivity index (χ1n) is 7.26. The maximum Gasteiger partial charge on any atom is 0.238 e. The zero-order valence-corrected chi connectivity index (χ0v) is 13.7. The number of benzene rings is 1.